The highest BCUT2D eigenvalue weighted by Crippen LogP contribution is 2.47. The number of hydrogen-bond donors (Lipinski definition) is 0. The third-order valence-electron chi connectivity index (χ3n) is 11.0. The summed E-state index contributed by atoms with van der Waals surface area (Å²) >= 11 is 0. The maximum Gasteiger partial charge on any atom is 0.410 e. The Morgan fingerprint density at radius 1 is 0.980 bits per heavy atom. The van der Waals surface area contributed by atoms with Crippen LogP contribution in [0.1, 0.15) is 86.4 Å². The first kappa shape index (κ1) is 35.0. The smallest absolute Gasteiger partial charge is 0.410 e. The molecule has 1 aliphatic carbocycles. The lowest BCUT2D eigenvalue weighted by Gasteiger charge is -2.43. The van der Waals surface area contributed by atoms with Crippen LogP contribution in [0.4, 0.5) is 4.79 Å². The predicted molar refractivity (Wildman–Crippen MR) is 193 cm³/mol. The Balaban J connectivity index is 1.19. The molecule has 1 aromatic heterocycles. The molecule has 0 radical (unpaired) electrons. The highest BCUT2D eigenvalue weighted by atomic mass is 16.6. The van der Waals surface area contributed by atoms with Gasteiger partial charge in [0.2, 0.25) is 0 Å². The summed E-state index contributed by atoms with van der Waals surface area (Å²) in [6, 6.07) is 10.9. The van der Waals surface area contributed by atoms with Gasteiger partial charge in [0, 0.05) is 69.2 Å². The van der Waals surface area contributed by atoms with E-state index < -0.39 is 5.60 Å². The van der Waals surface area contributed by atoms with E-state index in [2.05, 4.69) is 47.1 Å². The quantitative estimate of drug-likeness (QED) is 0.262. The maximum absolute atomic E-state index is 13.1. The third kappa shape index (κ3) is 6.84. The van der Waals surface area contributed by atoms with E-state index >= 15 is 0 Å². The van der Waals surface area contributed by atoms with Crippen LogP contribution in [0.3, 0.4) is 0 Å². The van der Waals surface area contributed by atoms with Crippen molar-refractivity contribution in [1.29, 1.82) is 0 Å². The molecule has 3 aromatic rings. The lowest BCUT2D eigenvalue weighted by atomic mass is 9.87. The molecule has 1 amide bonds. The van der Waals surface area contributed by atoms with Gasteiger partial charge in [-0.15, -0.1) is 0 Å². The molecular weight excluding hydrogens is 616 g/mol. The number of benzene rings is 2. The number of carbonyl (C=O) groups is 1. The summed E-state index contributed by atoms with van der Waals surface area (Å²) < 4.78 is 19.4. The van der Waals surface area contributed by atoms with Gasteiger partial charge in [-0.3, -0.25) is 14.6 Å². The number of piperazine rings is 1. The minimum absolute atomic E-state index is 0.0211. The Morgan fingerprint density at radius 3 is 2.29 bits per heavy atom. The molecule has 0 unspecified atom stereocenters. The monoisotopic (exact) mass is 670 g/mol. The lowest BCUT2D eigenvalue weighted by molar-refractivity contribution is 0.0135. The van der Waals surface area contributed by atoms with Gasteiger partial charge in [-0.05, 0) is 100 Å². The second-order valence-electron chi connectivity index (χ2n) is 15.3. The van der Waals surface area contributed by atoms with Crippen molar-refractivity contribution < 1.29 is 19.0 Å². The number of aromatic nitrogens is 1. The average Bonchev–Trinajstić information content (AvgIpc) is 3.84. The summed E-state index contributed by atoms with van der Waals surface area (Å²) in [5.41, 5.74) is 8.46. The van der Waals surface area contributed by atoms with Gasteiger partial charge in [0.1, 0.15) is 17.1 Å². The average molecular weight is 671 g/mol. The van der Waals surface area contributed by atoms with Crippen molar-refractivity contribution in [2.45, 2.75) is 97.5 Å². The van der Waals surface area contributed by atoms with Crippen molar-refractivity contribution in [2.75, 3.05) is 40.4 Å². The maximum atomic E-state index is 13.1. The molecule has 3 aliphatic rings. The van der Waals surface area contributed by atoms with Crippen LogP contribution in [-0.2, 0) is 31.3 Å². The second-order valence-corrected chi connectivity index (χ2v) is 15.3. The van der Waals surface area contributed by atoms with Crippen LogP contribution < -0.4 is 15.0 Å². The van der Waals surface area contributed by atoms with Gasteiger partial charge < -0.3 is 23.7 Å². The van der Waals surface area contributed by atoms with Crippen LogP contribution in [-0.4, -0.2) is 76.9 Å². The highest BCUT2D eigenvalue weighted by molar-refractivity contribution is 5.72. The Labute approximate surface area is 291 Å². The molecule has 49 heavy (non-hydrogen) atoms. The Bertz CT molecular complexity index is 1760. The Hall–Kier alpha value is -3.82. The first-order chi connectivity index (χ1) is 23.3. The van der Waals surface area contributed by atoms with Gasteiger partial charge in [-0.1, -0.05) is 25.1 Å². The van der Waals surface area contributed by atoms with Gasteiger partial charge >= 0.3 is 6.09 Å². The predicted octanol–water partition coefficient (Wildman–Crippen LogP) is 6.78. The van der Waals surface area contributed by atoms with Crippen molar-refractivity contribution in [3.05, 3.63) is 80.3 Å². The molecule has 1 atom stereocenters. The lowest BCUT2D eigenvalue weighted by Crippen LogP contribution is -2.54. The molecule has 9 heteroatoms. The molecule has 2 fully saturated rings. The molecule has 6 rings (SSSR count). The molecule has 2 aromatic carbocycles. The van der Waals surface area contributed by atoms with Crippen LogP contribution in [0.5, 0.6) is 11.5 Å². The fourth-order valence-electron chi connectivity index (χ4n) is 8.04. The molecule has 0 bridgehead atoms. The second kappa shape index (κ2) is 13.5. The van der Waals surface area contributed by atoms with Crippen molar-refractivity contribution in [2.24, 2.45) is 7.05 Å². The molecule has 1 spiro atoms. The van der Waals surface area contributed by atoms with E-state index in [1.807, 2.05) is 45.7 Å². The van der Waals surface area contributed by atoms with Crippen LogP contribution in [0, 0.1) is 13.8 Å². The van der Waals surface area contributed by atoms with E-state index in [1.165, 1.54) is 29.5 Å². The van der Waals surface area contributed by atoms with Gasteiger partial charge in [0.05, 0.1) is 25.8 Å². The normalized spacial score (nSPS) is 19.1. The van der Waals surface area contributed by atoms with E-state index in [9.17, 15) is 9.59 Å². The molecule has 9 nitrogen and oxygen atoms in total. The highest BCUT2D eigenvalue weighted by Gasteiger charge is 2.51. The van der Waals surface area contributed by atoms with Crippen molar-refractivity contribution in [3.8, 4) is 22.6 Å². The van der Waals surface area contributed by atoms with Gasteiger partial charge in [0.15, 0.2) is 0 Å². The number of amides is 1. The molecule has 1 saturated carbocycles. The summed E-state index contributed by atoms with van der Waals surface area (Å²) in [6.07, 6.45) is 5.75. The summed E-state index contributed by atoms with van der Waals surface area (Å²) in [4.78, 5) is 32.8. The van der Waals surface area contributed by atoms with Gasteiger partial charge in [-0.2, -0.15) is 0 Å². The summed E-state index contributed by atoms with van der Waals surface area (Å²) in [6.45, 7) is 17.1. The van der Waals surface area contributed by atoms with Gasteiger partial charge in [-0.25, -0.2) is 4.79 Å². The van der Waals surface area contributed by atoms with E-state index in [1.54, 1.807) is 25.8 Å². The van der Waals surface area contributed by atoms with Crippen LogP contribution in [0.25, 0.3) is 11.1 Å². The Kier molecular flexibility index (Phi) is 9.63. The summed E-state index contributed by atoms with van der Waals surface area (Å²) in [7, 11) is 5.24. The largest absolute Gasteiger partial charge is 0.496 e. The van der Waals surface area contributed by atoms with Crippen molar-refractivity contribution in [3.63, 3.8) is 0 Å². The molecule has 264 valence electrons. The minimum atomic E-state index is -0.513. The number of fused-ring (bicyclic) bond motifs is 1. The van der Waals surface area contributed by atoms with Crippen molar-refractivity contribution >= 4 is 6.09 Å². The number of aryl methyl sites for hydroxylation is 1. The number of hydrogen-bond acceptors (Lipinski definition) is 7. The zero-order valence-corrected chi connectivity index (χ0v) is 30.9. The van der Waals surface area contributed by atoms with E-state index in [4.69, 9.17) is 14.2 Å². The van der Waals surface area contributed by atoms with Crippen LogP contribution in [0.15, 0.2) is 41.3 Å². The zero-order valence-electron chi connectivity index (χ0n) is 30.9. The minimum Gasteiger partial charge on any atom is -0.496 e. The standard InChI is InChI=1S/C40H54N4O5/c1-10-34-31-13-11-12-28(30(31)14-17-44(34)38(46)49-39(4,5)6)22-42-18-19-43(40(25-42)15-16-40)24-33-35(47-8)20-29(21-36(33)48-9)32-23-41(7)37(45)27(3)26(32)2/h11-13,20-21,23,34H,10,14-19,22,24-25H2,1-9H3/t34-/m1/s1. The number of carbonyl (C=O) groups excluding carboxylic acids is 1. The number of rotatable bonds is 8. The van der Waals surface area contributed by atoms with E-state index in [-0.39, 0.29) is 23.2 Å². The van der Waals surface area contributed by atoms with E-state index in [0.717, 1.165) is 84.9 Å². The fourth-order valence-corrected chi connectivity index (χ4v) is 8.04. The molecular formula is C40H54N4O5. The van der Waals surface area contributed by atoms with Crippen LogP contribution in [0.2, 0.25) is 0 Å². The third-order valence-corrected chi connectivity index (χ3v) is 11.0. The number of ether oxygens (including phenoxy) is 3. The fraction of sp³-hybridized carbons (Fsp3) is 0.550. The summed E-state index contributed by atoms with van der Waals surface area (Å²) in [5, 5.41) is 0. The topological polar surface area (TPSA) is 76.5 Å². The first-order valence-corrected chi connectivity index (χ1v) is 17.8. The van der Waals surface area contributed by atoms with Crippen molar-refractivity contribution in [1.82, 2.24) is 19.3 Å². The number of pyridine rings is 1. The number of nitrogens with zero attached hydrogens (tertiary/aromatic N) is 4. The van der Waals surface area contributed by atoms with E-state index in [0.29, 0.717) is 6.54 Å². The zero-order chi connectivity index (χ0) is 35.2. The molecule has 2 aliphatic heterocycles. The summed E-state index contributed by atoms with van der Waals surface area (Å²) in [5.74, 6) is 1.61. The number of methoxy groups -OCH3 is 2. The van der Waals surface area contributed by atoms with Crippen LogP contribution >= 0.6 is 0 Å². The van der Waals surface area contributed by atoms with Gasteiger partial charge in [0.25, 0.3) is 5.56 Å². The SMILES string of the molecule is CC[C@@H]1c2cccc(CN3CCN(Cc4c(OC)cc(-c5cn(C)c(=O)c(C)c5C)cc4OC)C4(CC4)C3)c2CCN1C(=O)OC(C)(C)C. The molecule has 3 heterocycles. The molecule has 0 N–H and O–H groups in total. The molecule has 1 saturated heterocycles. The first-order valence-electron chi connectivity index (χ1n) is 17.8. The Morgan fingerprint density at radius 2 is 1.67 bits per heavy atom.